The normalized spacial score (nSPS) is 14.5. The zero-order chi connectivity index (χ0) is 21.4. The van der Waals surface area contributed by atoms with E-state index in [-0.39, 0.29) is 35.2 Å². The molecule has 0 bridgehead atoms. The number of nitrogens with zero attached hydrogens (tertiary/aromatic N) is 2. The number of aromatic nitrogens is 1. The van der Waals surface area contributed by atoms with Gasteiger partial charge in [0.15, 0.2) is 0 Å². The van der Waals surface area contributed by atoms with Crippen molar-refractivity contribution in [3.63, 3.8) is 0 Å². The van der Waals surface area contributed by atoms with Crippen molar-refractivity contribution in [2.24, 2.45) is 0 Å². The van der Waals surface area contributed by atoms with Crippen molar-refractivity contribution in [2.45, 2.75) is 45.3 Å². The SMILES string of the molecule is Cc1sc(=O)n(CC(=O)N(C2CC2)C(C)c2ccc(Cl)cc2)c1-c1ccc(F)cc1. The third-order valence-electron chi connectivity index (χ3n) is 5.47. The molecule has 1 aliphatic carbocycles. The van der Waals surface area contributed by atoms with Crippen LogP contribution in [0.3, 0.4) is 0 Å². The number of rotatable bonds is 6. The van der Waals surface area contributed by atoms with Crippen LogP contribution in [0.2, 0.25) is 5.02 Å². The molecule has 1 aliphatic rings. The van der Waals surface area contributed by atoms with Gasteiger partial charge in [-0.2, -0.15) is 0 Å². The Morgan fingerprint density at radius 1 is 1.20 bits per heavy atom. The maximum absolute atomic E-state index is 13.4. The molecule has 0 N–H and O–H groups in total. The number of hydrogen-bond acceptors (Lipinski definition) is 3. The molecule has 1 fully saturated rings. The molecular weight excluding hydrogens is 423 g/mol. The Morgan fingerprint density at radius 2 is 1.83 bits per heavy atom. The second-order valence-electron chi connectivity index (χ2n) is 7.63. The molecule has 1 atom stereocenters. The zero-order valence-electron chi connectivity index (χ0n) is 16.8. The molecule has 30 heavy (non-hydrogen) atoms. The summed E-state index contributed by atoms with van der Waals surface area (Å²) in [4.78, 5) is 28.5. The molecule has 0 saturated heterocycles. The number of carbonyl (C=O) groups excluding carboxylic acids is 1. The summed E-state index contributed by atoms with van der Waals surface area (Å²) in [5, 5.41) is 0.652. The van der Waals surface area contributed by atoms with Gasteiger partial charge in [0.2, 0.25) is 5.91 Å². The van der Waals surface area contributed by atoms with Crippen molar-refractivity contribution in [1.82, 2.24) is 9.47 Å². The van der Waals surface area contributed by atoms with Crippen molar-refractivity contribution in [3.05, 3.63) is 79.5 Å². The molecule has 1 saturated carbocycles. The first-order valence-electron chi connectivity index (χ1n) is 9.88. The topological polar surface area (TPSA) is 42.3 Å². The largest absolute Gasteiger partial charge is 0.331 e. The summed E-state index contributed by atoms with van der Waals surface area (Å²) in [7, 11) is 0. The highest BCUT2D eigenvalue weighted by molar-refractivity contribution is 7.09. The maximum atomic E-state index is 13.4. The van der Waals surface area contributed by atoms with E-state index in [1.54, 1.807) is 12.1 Å². The first-order chi connectivity index (χ1) is 14.3. The zero-order valence-corrected chi connectivity index (χ0v) is 18.3. The lowest BCUT2D eigenvalue weighted by Gasteiger charge is -2.30. The van der Waals surface area contributed by atoms with E-state index >= 15 is 0 Å². The molecular formula is C23H22ClFN2O2S. The van der Waals surface area contributed by atoms with Crippen molar-refractivity contribution in [1.29, 1.82) is 0 Å². The number of thiazole rings is 1. The number of carbonyl (C=O) groups is 1. The van der Waals surface area contributed by atoms with Gasteiger partial charge in [0, 0.05) is 15.9 Å². The van der Waals surface area contributed by atoms with Gasteiger partial charge in [-0.3, -0.25) is 14.2 Å². The van der Waals surface area contributed by atoms with E-state index < -0.39 is 0 Å². The number of halogens is 2. The second-order valence-corrected chi connectivity index (χ2v) is 9.23. The minimum absolute atomic E-state index is 0.0374. The van der Waals surface area contributed by atoms with Gasteiger partial charge >= 0.3 is 4.87 Å². The Morgan fingerprint density at radius 3 is 2.43 bits per heavy atom. The maximum Gasteiger partial charge on any atom is 0.308 e. The van der Waals surface area contributed by atoms with Gasteiger partial charge in [-0.15, -0.1) is 0 Å². The third-order valence-corrected chi connectivity index (χ3v) is 6.62. The first kappa shape index (κ1) is 20.8. The summed E-state index contributed by atoms with van der Waals surface area (Å²) in [6, 6.07) is 13.6. The van der Waals surface area contributed by atoms with E-state index in [9.17, 15) is 14.0 Å². The minimum Gasteiger partial charge on any atom is -0.331 e. The van der Waals surface area contributed by atoms with E-state index in [1.807, 2.05) is 43.0 Å². The van der Waals surface area contributed by atoms with Gasteiger partial charge in [-0.05, 0) is 74.2 Å². The predicted molar refractivity (Wildman–Crippen MR) is 118 cm³/mol. The molecule has 4 rings (SSSR count). The summed E-state index contributed by atoms with van der Waals surface area (Å²) in [6.07, 6.45) is 1.93. The van der Waals surface area contributed by atoms with Crippen LogP contribution in [0.4, 0.5) is 4.39 Å². The van der Waals surface area contributed by atoms with E-state index in [4.69, 9.17) is 11.6 Å². The Bertz CT molecular complexity index is 1120. The smallest absolute Gasteiger partial charge is 0.308 e. The van der Waals surface area contributed by atoms with Gasteiger partial charge in [0.05, 0.1) is 11.7 Å². The van der Waals surface area contributed by atoms with Gasteiger partial charge < -0.3 is 4.90 Å². The average molecular weight is 445 g/mol. The lowest BCUT2D eigenvalue weighted by molar-refractivity contribution is -0.134. The Labute approximate surface area is 183 Å². The van der Waals surface area contributed by atoms with Crippen LogP contribution < -0.4 is 4.87 Å². The third kappa shape index (κ3) is 4.20. The lowest BCUT2D eigenvalue weighted by Crippen LogP contribution is -2.39. The molecule has 1 unspecified atom stereocenters. The molecule has 0 aliphatic heterocycles. The van der Waals surface area contributed by atoms with Crippen molar-refractivity contribution in [2.75, 3.05) is 0 Å². The monoisotopic (exact) mass is 444 g/mol. The molecule has 4 nitrogen and oxygen atoms in total. The molecule has 0 radical (unpaired) electrons. The highest BCUT2D eigenvalue weighted by atomic mass is 35.5. The van der Waals surface area contributed by atoms with Crippen LogP contribution in [0.1, 0.15) is 36.2 Å². The molecule has 7 heteroatoms. The fourth-order valence-corrected chi connectivity index (χ4v) is 4.81. The van der Waals surface area contributed by atoms with Crippen molar-refractivity contribution >= 4 is 28.8 Å². The van der Waals surface area contributed by atoms with Gasteiger partial charge in [0.1, 0.15) is 12.4 Å². The number of amides is 1. The van der Waals surface area contributed by atoms with Crippen LogP contribution in [0, 0.1) is 12.7 Å². The highest BCUT2D eigenvalue weighted by Gasteiger charge is 2.36. The Hall–Kier alpha value is -2.44. The number of benzene rings is 2. The summed E-state index contributed by atoms with van der Waals surface area (Å²) < 4.78 is 14.9. The summed E-state index contributed by atoms with van der Waals surface area (Å²) in [6.45, 7) is 3.81. The van der Waals surface area contributed by atoms with Gasteiger partial charge in [0.25, 0.3) is 0 Å². The van der Waals surface area contributed by atoms with Crippen molar-refractivity contribution < 1.29 is 9.18 Å². The lowest BCUT2D eigenvalue weighted by atomic mass is 10.1. The van der Waals surface area contributed by atoms with Crippen LogP contribution in [0.25, 0.3) is 11.3 Å². The molecule has 1 amide bonds. The standard InChI is InChI=1S/C23H22ClFN2O2S/c1-14(16-3-7-18(24)8-4-16)27(20-11-12-20)21(28)13-26-22(15(2)30-23(26)29)17-5-9-19(25)10-6-17/h3-10,14,20H,11-13H2,1-2H3. The summed E-state index contributed by atoms with van der Waals surface area (Å²) in [5.41, 5.74) is 2.41. The molecule has 3 aromatic rings. The van der Waals surface area contributed by atoms with Gasteiger partial charge in [-0.25, -0.2) is 4.39 Å². The molecule has 1 heterocycles. The second kappa shape index (κ2) is 8.36. The number of aryl methyl sites for hydroxylation is 1. The number of hydrogen-bond donors (Lipinski definition) is 0. The van der Waals surface area contributed by atoms with Crippen molar-refractivity contribution in [3.8, 4) is 11.3 Å². The average Bonchev–Trinajstić information content (AvgIpc) is 3.50. The Balaban J connectivity index is 1.64. The molecule has 156 valence electrons. The van der Waals surface area contributed by atoms with E-state index in [0.29, 0.717) is 10.7 Å². The van der Waals surface area contributed by atoms with Crippen LogP contribution >= 0.6 is 22.9 Å². The van der Waals surface area contributed by atoms with E-state index in [1.165, 1.54) is 16.7 Å². The van der Waals surface area contributed by atoms with E-state index in [0.717, 1.165) is 40.2 Å². The fourth-order valence-electron chi connectivity index (χ4n) is 3.83. The van der Waals surface area contributed by atoms with Crippen LogP contribution in [0.15, 0.2) is 53.3 Å². The first-order valence-corrected chi connectivity index (χ1v) is 11.1. The van der Waals surface area contributed by atoms with Gasteiger partial charge in [-0.1, -0.05) is 35.1 Å². The summed E-state index contributed by atoms with van der Waals surface area (Å²) in [5.74, 6) is -0.434. The van der Waals surface area contributed by atoms with Crippen LogP contribution in [-0.2, 0) is 11.3 Å². The summed E-state index contributed by atoms with van der Waals surface area (Å²) >= 11 is 7.11. The van der Waals surface area contributed by atoms with Crippen LogP contribution in [0.5, 0.6) is 0 Å². The predicted octanol–water partition coefficient (Wildman–Crippen LogP) is 5.43. The fraction of sp³-hybridized carbons (Fsp3) is 0.304. The molecule has 2 aromatic carbocycles. The van der Waals surface area contributed by atoms with E-state index in [2.05, 4.69) is 0 Å². The molecule has 1 aromatic heterocycles. The molecule has 0 spiro atoms. The van der Waals surface area contributed by atoms with Crippen LogP contribution in [-0.4, -0.2) is 21.4 Å². The quantitative estimate of drug-likeness (QED) is 0.508. The highest BCUT2D eigenvalue weighted by Crippen LogP contribution is 2.35. The minimum atomic E-state index is -0.340. The Kier molecular flexibility index (Phi) is 5.80.